The van der Waals surface area contributed by atoms with Crippen LogP contribution in [0, 0.1) is 19.8 Å². The number of likely N-dealkylation sites (tertiary alicyclic amines) is 1. The lowest BCUT2D eigenvalue weighted by molar-refractivity contribution is -0.132. The molecule has 0 saturated carbocycles. The Morgan fingerprint density at radius 3 is 2.25 bits per heavy atom. The Balaban J connectivity index is 1.44. The molecule has 1 saturated heterocycles. The minimum absolute atomic E-state index is 0.0693. The molecule has 0 unspecified atom stereocenters. The number of phenolic OH excluding ortho intramolecular Hbond substituents is 1. The lowest BCUT2D eigenvalue weighted by Crippen LogP contribution is -2.40. The molecule has 1 amide bonds. The summed E-state index contributed by atoms with van der Waals surface area (Å²) < 4.78 is 5.73. The summed E-state index contributed by atoms with van der Waals surface area (Å²) in [5, 5.41) is 9.35. The number of phenols is 1. The number of ketones is 1. The fourth-order valence-corrected chi connectivity index (χ4v) is 3.68. The molecule has 1 aliphatic rings. The standard InChI is InChI=1S/C23H27NO4/c1-16-13-17(2)15-21(14-16)28-12-9-22(26)24-10-7-19(8-11-24)23(27)18-3-5-20(25)6-4-18/h3-6,13-15,19,25H,7-12H2,1-2H3. The van der Waals surface area contributed by atoms with E-state index in [4.69, 9.17) is 4.74 Å². The van der Waals surface area contributed by atoms with Crippen LogP contribution in [0.5, 0.6) is 11.5 Å². The summed E-state index contributed by atoms with van der Waals surface area (Å²) in [4.78, 5) is 26.8. The number of aromatic hydroxyl groups is 1. The highest BCUT2D eigenvalue weighted by molar-refractivity contribution is 5.98. The summed E-state index contributed by atoms with van der Waals surface area (Å²) in [5.74, 6) is 1.04. The van der Waals surface area contributed by atoms with E-state index < -0.39 is 0 Å². The van der Waals surface area contributed by atoms with E-state index in [1.54, 1.807) is 12.1 Å². The third-order valence-electron chi connectivity index (χ3n) is 5.15. The predicted molar refractivity (Wildman–Crippen MR) is 108 cm³/mol. The van der Waals surface area contributed by atoms with Crippen molar-refractivity contribution in [3.63, 3.8) is 0 Å². The van der Waals surface area contributed by atoms with Crippen LogP contribution < -0.4 is 4.74 Å². The molecular weight excluding hydrogens is 354 g/mol. The Bertz CT molecular complexity index is 816. The number of carbonyl (C=O) groups is 2. The maximum atomic E-state index is 12.6. The predicted octanol–water partition coefficient (Wildman–Crippen LogP) is 3.90. The van der Waals surface area contributed by atoms with Crippen LogP contribution >= 0.6 is 0 Å². The molecule has 1 aliphatic heterocycles. The zero-order chi connectivity index (χ0) is 20.1. The molecule has 148 valence electrons. The first-order chi connectivity index (χ1) is 13.4. The van der Waals surface area contributed by atoms with Gasteiger partial charge in [-0.05, 0) is 74.2 Å². The van der Waals surface area contributed by atoms with Crippen LogP contribution in [0.1, 0.15) is 40.7 Å². The van der Waals surface area contributed by atoms with Crippen LogP contribution in [-0.2, 0) is 4.79 Å². The van der Waals surface area contributed by atoms with Crippen molar-refractivity contribution in [3.8, 4) is 11.5 Å². The monoisotopic (exact) mass is 381 g/mol. The molecule has 28 heavy (non-hydrogen) atoms. The van der Waals surface area contributed by atoms with E-state index in [1.807, 2.05) is 30.9 Å². The number of rotatable bonds is 6. The summed E-state index contributed by atoms with van der Waals surface area (Å²) in [6.45, 7) is 5.59. The van der Waals surface area contributed by atoms with Gasteiger partial charge >= 0.3 is 0 Å². The van der Waals surface area contributed by atoms with Gasteiger partial charge in [-0.3, -0.25) is 9.59 Å². The van der Waals surface area contributed by atoms with Crippen molar-refractivity contribution in [2.24, 2.45) is 5.92 Å². The average Bonchev–Trinajstić information content (AvgIpc) is 2.67. The minimum Gasteiger partial charge on any atom is -0.508 e. The van der Waals surface area contributed by atoms with Crippen molar-refractivity contribution >= 4 is 11.7 Å². The molecule has 0 radical (unpaired) electrons. The van der Waals surface area contributed by atoms with Crippen molar-refractivity contribution in [2.45, 2.75) is 33.1 Å². The van der Waals surface area contributed by atoms with E-state index >= 15 is 0 Å². The van der Waals surface area contributed by atoms with Gasteiger partial charge < -0.3 is 14.7 Å². The van der Waals surface area contributed by atoms with Crippen LogP contribution in [0.2, 0.25) is 0 Å². The first-order valence-electron chi connectivity index (χ1n) is 9.74. The lowest BCUT2D eigenvalue weighted by Gasteiger charge is -2.31. The molecule has 0 aromatic heterocycles. The van der Waals surface area contributed by atoms with Gasteiger partial charge in [-0.15, -0.1) is 0 Å². The number of piperidine rings is 1. The van der Waals surface area contributed by atoms with Gasteiger partial charge in [-0.1, -0.05) is 6.07 Å². The molecule has 5 nitrogen and oxygen atoms in total. The largest absolute Gasteiger partial charge is 0.508 e. The SMILES string of the molecule is Cc1cc(C)cc(OCCC(=O)N2CCC(C(=O)c3ccc(O)cc3)CC2)c1. The Kier molecular flexibility index (Phi) is 6.34. The number of aryl methyl sites for hydroxylation is 2. The van der Waals surface area contributed by atoms with Crippen LogP contribution in [0.3, 0.4) is 0 Å². The highest BCUT2D eigenvalue weighted by atomic mass is 16.5. The molecule has 5 heteroatoms. The first kappa shape index (κ1) is 19.9. The van der Waals surface area contributed by atoms with E-state index in [-0.39, 0.29) is 23.4 Å². The van der Waals surface area contributed by atoms with Crippen molar-refractivity contribution in [1.82, 2.24) is 4.90 Å². The second kappa shape index (κ2) is 8.91. The molecule has 1 heterocycles. The number of hydrogen-bond donors (Lipinski definition) is 1. The third kappa shape index (κ3) is 5.12. The van der Waals surface area contributed by atoms with E-state index in [0.29, 0.717) is 44.5 Å². The summed E-state index contributed by atoms with van der Waals surface area (Å²) in [7, 11) is 0. The van der Waals surface area contributed by atoms with Crippen LogP contribution in [0.4, 0.5) is 0 Å². The Morgan fingerprint density at radius 2 is 1.64 bits per heavy atom. The molecule has 0 aliphatic carbocycles. The van der Waals surface area contributed by atoms with Gasteiger partial charge in [0.15, 0.2) is 5.78 Å². The van der Waals surface area contributed by atoms with Gasteiger partial charge in [0.05, 0.1) is 13.0 Å². The van der Waals surface area contributed by atoms with E-state index in [0.717, 1.165) is 16.9 Å². The number of Topliss-reactive ketones (excluding diaryl/α,β-unsaturated/α-hetero) is 1. The van der Waals surface area contributed by atoms with Crippen molar-refractivity contribution in [3.05, 3.63) is 59.2 Å². The zero-order valence-corrected chi connectivity index (χ0v) is 16.5. The highest BCUT2D eigenvalue weighted by Crippen LogP contribution is 2.23. The Morgan fingerprint density at radius 1 is 1.04 bits per heavy atom. The number of carbonyl (C=O) groups excluding carboxylic acids is 2. The van der Waals surface area contributed by atoms with Gasteiger partial charge in [0.2, 0.25) is 5.91 Å². The van der Waals surface area contributed by atoms with Crippen molar-refractivity contribution < 1.29 is 19.4 Å². The smallest absolute Gasteiger partial charge is 0.225 e. The molecule has 2 aromatic carbocycles. The Hall–Kier alpha value is -2.82. The summed E-state index contributed by atoms with van der Waals surface area (Å²) >= 11 is 0. The lowest BCUT2D eigenvalue weighted by atomic mass is 9.89. The highest BCUT2D eigenvalue weighted by Gasteiger charge is 2.27. The van der Waals surface area contributed by atoms with Gasteiger partial charge in [-0.2, -0.15) is 0 Å². The maximum absolute atomic E-state index is 12.6. The second-order valence-electron chi connectivity index (χ2n) is 7.49. The van der Waals surface area contributed by atoms with E-state index in [9.17, 15) is 14.7 Å². The molecule has 3 rings (SSSR count). The van der Waals surface area contributed by atoms with Crippen molar-refractivity contribution in [2.75, 3.05) is 19.7 Å². The molecule has 0 spiro atoms. The average molecular weight is 381 g/mol. The molecule has 1 fully saturated rings. The van der Waals surface area contributed by atoms with Gasteiger partial charge in [0.1, 0.15) is 11.5 Å². The first-order valence-corrected chi connectivity index (χ1v) is 9.74. The maximum Gasteiger partial charge on any atom is 0.225 e. The quantitative estimate of drug-likeness (QED) is 0.771. The minimum atomic E-state index is -0.0693. The van der Waals surface area contributed by atoms with Gasteiger partial charge in [0.25, 0.3) is 0 Å². The van der Waals surface area contributed by atoms with Gasteiger partial charge in [-0.25, -0.2) is 0 Å². The summed E-state index contributed by atoms with van der Waals surface area (Å²) in [5.41, 5.74) is 2.90. The Labute approximate surface area is 165 Å². The molecular formula is C23H27NO4. The number of nitrogens with zero attached hydrogens (tertiary/aromatic N) is 1. The van der Waals surface area contributed by atoms with Crippen LogP contribution in [0.15, 0.2) is 42.5 Å². The van der Waals surface area contributed by atoms with E-state index in [1.165, 1.54) is 12.1 Å². The molecule has 1 N–H and O–H groups in total. The summed E-state index contributed by atoms with van der Waals surface area (Å²) in [6.07, 6.45) is 1.68. The van der Waals surface area contributed by atoms with Gasteiger partial charge in [0, 0.05) is 24.6 Å². The number of ether oxygens (including phenoxy) is 1. The number of benzene rings is 2. The fraction of sp³-hybridized carbons (Fsp3) is 0.391. The fourth-order valence-electron chi connectivity index (χ4n) is 3.68. The number of amides is 1. The van der Waals surface area contributed by atoms with Crippen LogP contribution in [0.25, 0.3) is 0 Å². The van der Waals surface area contributed by atoms with Crippen molar-refractivity contribution in [1.29, 1.82) is 0 Å². The normalized spacial score (nSPS) is 14.7. The topological polar surface area (TPSA) is 66.8 Å². The number of hydrogen-bond acceptors (Lipinski definition) is 4. The third-order valence-corrected chi connectivity index (χ3v) is 5.15. The molecule has 2 aromatic rings. The zero-order valence-electron chi connectivity index (χ0n) is 16.5. The van der Waals surface area contributed by atoms with Crippen LogP contribution in [-0.4, -0.2) is 41.4 Å². The molecule has 0 atom stereocenters. The van der Waals surface area contributed by atoms with E-state index in [2.05, 4.69) is 6.07 Å². The summed E-state index contributed by atoms with van der Waals surface area (Å²) in [6, 6.07) is 12.4. The molecule has 0 bridgehead atoms. The second-order valence-corrected chi connectivity index (χ2v) is 7.49.